The van der Waals surface area contributed by atoms with Crippen LogP contribution in [0.5, 0.6) is 0 Å². The zero-order valence-corrected chi connectivity index (χ0v) is 16.0. The van der Waals surface area contributed by atoms with Gasteiger partial charge in [-0.2, -0.15) is 5.10 Å². The van der Waals surface area contributed by atoms with Gasteiger partial charge < -0.3 is 10.6 Å². The molecular formula is C18H20ClN5OS. The lowest BCUT2D eigenvalue weighted by Crippen LogP contribution is -2.28. The molecule has 0 aliphatic carbocycles. The standard InChI is InChI=1S/C18H19N5OS.ClH/c1-11-15(25-18(21-11)12-5-3-2-4-6-12)10-20-17(24)16-13-9-19-8-7-14(13)22-23-16;/h2-6,19H,7-10H2,1H3,(H,20,24)(H,22,23);1H. The molecule has 0 bridgehead atoms. The highest BCUT2D eigenvalue weighted by Gasteiger charge is 2.21. The number of H-pyrrole nitrogens is 1. The molecule has 0 saturated carbocycles. The smallest absolute Gasteiger partial charge is 0.272 e. The quantitative estimate of drug-likeness (QED) is 0.640. The number of hydrogen-bond acceptors (Lipinski definition) is 5. The summed E-state index contributed by atoms with van der Waals surface area (Å²) in [5.74, 6) is -0.143. The molecular weight excluding hydrogens is 370 g/mol. The molecule has 0 fully saturated rings. The van der Waals surface area contributed by atoms with Crippen LogP contribution in [0.4, 0.5) is 0 Å². The first kappa shape index (κ1) is 18.6. The van der Waals surface area contributed by atoms with Gasteiger partial charge in [0.05, 0.1) is 12.2 Å². The van der Waals surface area contributed by atoms with Crippen molar-refractivity contribution in [3.63, 3.8) is 0 Å². The van der Waals surface area contributed by atoms with Crippen molar-refractivity contribution in [2.24, 2.45) is 0 Å². The zero-order valence-electron chi connectivity index (χ0n) is 14.3. The number of carbonyl (C=O) groups is 1. The van der Waals surface area contributed by atoms with Crippen molar-refractivity contribution in [2.75, 3.05) is 6.54 Å². The molecule has 0 unspecified atom stereocenters. The lowest BCUT2D eigenvalue weighted by Gasteiger charge is -2.12. The van der Waals surface area contributed by atoms with Gasteiger partial charge in [-0.3, -0.25) is 9.89 Å². The Bertz CT molecular complexity index is 906. The normalized spacial score (nSPS) is 13.0. The molecule has 1 amide bonds. The van der Waals surface area contributed by atoms with Crippen LogP contribution in [0.25, 0.3) is 10.6 Å². The van der Waals surface area contributed by atoms with Gasteiger partial charge >= 0.3 is 0 Å². The molecule has 3 heterocycles. The van der Waals surface area contributed by atoms with Gasteiger partial charge in [0.1, 0.15) is 5.01 Å². The van der Waals surface area contributed by atoms with Gasteiger partial charge in [-0.15, -0.1) is 23.7 Å². The first-order valence-corrected chi connectivity index (χ1v) is 9.11. The Morgan fingerprint density at radius 1 is 1.31 bits per heavy atom. The number of thiazole rings is 1. The van der Waals surface area contributed by atoms with E-state index in [1.54, 1.807) is 11.3 Å². The van der Waals surface area contributed by atoms with Gasteiger partial charge in [0, 0.05) is 41.2 Å². The highest BCUT2D eigenvalue weighted by molar-refractivity contribution is 7.15. The molecule has 1 aliphatic rings. The second-order valence-electron chi connectivity index (χ2n) is 6.03. The van der Waals surface area contributed by atoms with Gasteiger partial charge in [-0.05, 0) is 6.92 Å². The number of halogens is 1. The number of aromatic amines is 1. The van der Waals surface area contributed by atoms with E-state index in [2.05, 4.69) is 25.8 Å². The Labute approximate surface area is 161 Å². The van der Waals surface area contributed by atoms with E-state index in [1.807, 2.05) is 37.3 Å². The number of hydrogen-bond donors (Lipinski definition) is 3. The zero-order chi connectivity index (χ0) is 17.2. The number of carbonyl (C=O) groups excluding carboxylic acids is 1. The highest BCUT2D eigenvalue weighted by atomic mass is 35.5. The summed E-state index contributed by atoms with van der Waals surface area (Å²) in [7, 11) is 0. The van der Waals surface area contributed by atoms with Crippen LogP contribution >= 0.6 is 23.7 Å². The molecule has 136 valence electrons. The van der Waals surface area contributed by atoms with Gasteiger partial charge in [0.2, 0.25) is 0 Å². The number of fused-ring (bicyclic) bond motifs is 1. The van der Waals surface area contributed by atoms with Crippen LogP contribution in [0.1, 0.15) is 32.3 Å². The molecule has 26 heavy (non-hydrogen) atoms. The Morgan fingerprint density at radius 3 is 2.92 bits per heavy atom. The maximum Gasteiger partial charge on any atom is 0.272 e. The van der Waals surface area contributed by atoms with E-state index in [0.717, 1.165) is 45.4 Å². The fourth-order valence-corrected chi connectivity index (χ4v) is 3.96. The van der Waals surface area contributed by atoms with Crippen LogP contribution in [0.2, 0.25) is 0 Å². The third-order valence-corrected chi connectivity index (χ3v) is 5.55. The lowest BCUT2D eigenvalue weighted by atomic mass is 10.1. The number of aryl methyl sites for hydroxylation is 1. The highest BCUT2D eigenvalue weighted by Crippen LogP contribution is 2.27. The van der Waals surface area contributed by atoms with Gasteiger partial charge in [0.15, 0.2) is 5.69 Å². The molecule has 4 rings (SSSR count). The maximum absolute atomic E-state index is 12.5. The number of rotatable bonds is 4. The summed E-state index contributed by atoms with van der Waals surface area (Å²) in [4.78, 5) is 18.2. The largest absolute Gasteiger partial charge is 0.346 e. The molecule has 2 aromatic heterocycles. The van der Waals surface area contributed by atoms with E-state index in [0.29, 0.717) is 18.8 Å². The minimum absolute atomic E-state index is 0. The Kier molecular flexibility index (Phi) is 5.70. The lowest BCUT2D eigenvalue weighted by molar-refractivity contribution is 0.0945. The van der Waals surface area contributed by atoms with Crippen LogP contribution in [-0.2, 0) is 19.5 Å². The summed E-state index contributed by atoms with van der Waals surface area (Å²) < 4.78 is 0. The molecule has 1 aliphatic heterocycles. The second-order valence-corrected chi connectivity index (χ2v) is 7.12. The van der Waals surface area contributed by atoms with Crippen LogP contribution in [0.15, 0.2) is 30.3 Å². The predicted molar refractivity (Wildman–Crippen MR) is 105 cm³/mol. The van der Waals surface area contributed by atoms with Gasteiger partial charge in [-0.25, -0.2) is 4.98 Å². The average molecular weight is 390 g/mol. The Hall–Kier alpha value is -2.22. The fourth-order valence-electron chi connectivity index (χ4n) is 2.95. The fraction of sp³-hybridized carbons (Fsp3) is 0.278. The molecule has 0 spiro atoms. The molecule has 1 aromatic carbocycles. The Balaban J connectivity index is 0.00000196. The SMILES string of the molecule is Cc1nc(-c2ccccc2)sc1CNC(=O)c1n[nH]c2c1CNCC2.Cl. The third-order valence-electron chi connectivity index (χ3n) is 4.34. The summed E-state index contributed by atoms with van der Waals surface area (Å²) in [6, 6.07) is 10.1. The van der Waals surface area contributed by atoms with E-state index >= 15 is 0 Å². The summed E-state index contributed by atoms with van der Waals surface area (Å²) in [5.41, 5.74) is 4.59. The predicted octanol–water partition coefficient (Wildman–Crippen LogP) is 2.84. The monoisotopic (exact) mass is 389 g/mol. The van der Waals surface area contributed by atoms with Crippen molar-refractivity contribution in [2.45, 2.75) is 26.4 Å². The molecule has 0 atom stereocenters. The van der Waals surface area contributed by atoms with Crippen molar-refractivity contribution >= 4 is 29.7 Å². The van der Waals surface area contributed by atoms with Crippen LogP contribution in [0, 0.1) is 6.92 Å². The van der Waals surface area contributed by atoms with Crippen molar-refractivity contribution in [3.05, 3.63) is 57.9 Å². The minimum Gasteiger partial charge on any atom is -0.346 e. The van der Waals surface area contributed by atoms with E-state index in [-0.39, 0.29) is 18.3 Å². The number of benzene rings is 1. The molecule has 3 aromatic rings. The van der Waals surface area contributed by atoms with Gasteiger partial charge in [0.25, 0.3) is 5.91 Å². The third kappa shape index (κ3) is 3.65. The van der Waals surface area contributed by atoms with Gasteiger partial charge in [-0.1, -0.05) is 30.3 Å². The maximum atomic E-state index is 12.5. The van der Waals surface area contributed by atoms with E-state index in [9.17, 15) is 4.79 Å². The number of aromatic nitrogens is 3. The average Bonchev–Trinajstić information content (AvgIpc) is 3.24. The van der Waals surface area contributed by atoms with Crippen LogP contribution < -0.4 is 10.6 Å². The van der Waals surface area contributed by atoms with Crippen LogP contribution in [0.3, 0.4) is 0 Å². The number of nitrogens with one attached hydrogen (secondary N) is 3. The van der Waals surface area contributed by atoms with E-state index in [4.69, 9.17) is 0 Å². The first-order valence-electron chi connectivity index (χ1n) is 8.29. The molecule has 8 heteroatoms. The Morgan fingerprint density at radius 2 is 2.12 bits per heavy atom. The summed E-state index contributed by atoms with van der Waals surface area (Å²) in [6.07, 6.45) is 0.879. The topological polar surface area (TPSA) is 82.7 Å². The summed E-state index contributed by atoms with van der Waals surface area (Å²) in [5, 5.41) is 14.4. The first-order chi connectivity index (χ1) is 12.2. The van der Waals surface area contributed by atoms with E-state index < -0.39 is 0 Å². The van der Waals surface area contributed by atoms with Crippen molar-refractivity contribution < 1.29 is 4.79 Å². The minimum atomic E-state index is -0.143. The summed E-state index contributed by atoms with van der Waals surface area (Å²) >= 11 is 1.61. The van der Waals surface area contributed by atoms with Crippen molar-refractivity contribution in [3.8, 4) is 10.6 Å². The number of nitrogens with zero attached hydrogens (tertiary/aromatic N) is 2. The molecule has 0 radical (unpaired) electrons. The number of amides is 1. The summed E-state index contributed by atoms with van der Waals surface area (Å²) in [6.45, 7) is 4.04. The molecule has 6 nitrogen and oxygen atoms in total. The van der Waals surface area contributed by atoms with E-state index in [1.165, 1.54) is 0 Å². The van der Waals surface area contributed by atoms with Crippen molar-refractivity contribution in [1.29, 1.82) is 0 Å². The van der Waals surface area contributed by atoms with Crippen LogP contribution in [-0.4, -0.2) is 27.6 Å². The second kappa shape index (κ2) is 7.99. The van der Waals surface area contributed by atoms with Crippen molar-refractivity contribution in [1.82, 2.24) is 25.8 Å². The molecule has 3 N–H and O–H groups in total. The molecule has 0 saturated heterocycles.